The van der Waals surface area contributed by atoms with E-state index in [4.69, 9.17) is 5.73 Å². The molecule has 0 aliphatic heterocycles. The molecule has 0 radical (unpaired) electrons. The maximum absolute atomic E-state index is 11.5. The zero-order valence-electron chi connectivity index (χ0n) is 14.3. The minimum atomic E-state index is -0.289. The monoisotopic (exact) mass is 311 g/mol. The minimum absolute atomic E-state index is 0.0140. The lowest BCUT2D eigenvalue weighted by Crippen LogP contribution is -2.16. The number of hydrogen-bond donors (Lipinski definition) is 1. The van der Waals surface area contributed by atoms with Crippen LogP contribution < -0.4 is 15.5 Å². The first-order valence-electron chi connectivity index (χ1n) is 7.71. The number of benzene rings is 2. The molecule has 1 amide bonds. The van der Waals surface area contributed by atoms with Gasteiger partial charge in [-0.2, -0.15) is 0 Å². The summed E-state index contributed by atoms with van der Waals surface area (Å²) >= 11 is 0. The summed E-state index contributed by atoms with van der Waals surface area (Å²) in [7, 11) is 8.04. The van der Waals surface area contributed by atoms with Crippen LogP contribution in [0.25, 0.3) is 0 Å². The molecule has 0 aliphatic rings. The molecule has 0 aromatic heterocycles. The van der Waals surface area contributed by atoms with E-state index < -0.39 is 0 Å². The smallest absolute Gasteiger partial charge is 0.218 e. The van der Waals surface area contributed by atoms with E-state index >= 15 is 0 Å². The average molecular weight is 311 g/mol. The molecule has 0 heterocycles. The van der Waals surface area contributed by atoms with E-state index in [1.807, 2.05) is 28.2 Å². The van der Waals surface area contributed by atoms with Gasteiger partial charge in [0.1, 0.15) is 0 Å². The zero-order chi connectivity index (χ0) is 17.0. The summed E-state index contributed by atoms with van der Waals surface area (Å²) in [5.74, 6) is -0.303. The van der Waals surface area contributed by atoms with Gasteiger partial charge >= 0.3 is 0 Å². The second-order valence-electron chi connectivity index (χ2n) is 6.19. The van der Waals surface area contributed by atoms with Gasteiger partial charge in [-0.15, -0.1) is 0 Å². The van der Waals surface area contributed by atoms with Crippen LogP contribution in [0, 0.1) is 0 Å². The van der Waals surface area contributed by atoms with Gasteiger partial charge in [0, 0.05) is 51.9 Å². The molecular formula is C19H25N3O. The SMILES string of the molecule is CN(C)c1ccc(C(CC(N)=O)c2ccc(N(C)C)cc2)cc1. The summed E-state index contributed by atoms with van der Waals surface area (Å²) in [5, 5.41) is 0. The van der Waals surface area contributed by atoms with Gasteiger partial charge in [0.25, 0.3) is 0 Å². The number of carbonyl (C=O) groups is 1. The maximum atomic E-state index is 11.5. The Morgan fingerprint density at radius 3 is 1.43 bits per heavy atom. The van der Waals surface area contributed by atoms with Crippen molar-refractivity contribution in [2.75, 3.05) is 38.0 Å². The van der Waals surface area contributed by atoms with Gasteiger partial charge < -0.3 is 15.5 Å². The fraction of sp³-hybridized carbons (Fsp3) is 0.316. The molecule has 23 heavy (non-hydrogen) atoms. The van der Waals surface area contributed by atoms with E-state index in [1.165, 1.54) is 0 Å². The molecule has 2 aromatic carbocycles. The third-order valence-corrected chi connectivity index (χ3v) is 4.03. The van der Waals surface area contributed by atoms with Crippen molar-refractivity contribution in [2.45, 2.75) is 12.3 Å². The van der Waals surface area contributed by atoms with E-state index in [0.29, 0.717) is 6.42 Å². The fourth-order valence-electron chi connectivity index (χ4n) is 2.64. The number of carbonyl (C=O) groups excluding carboxylic acids is 1. The second kappa shape index (κ2) is 7.18. The van der Waals surface area contributed by atoms with E-state index in [2.05, 4.69) is 58.3 Å². The Labute approximate surface area is 138 Å². The van der Waals surface area contributed by atoms with Gasteiger partial charge in [-0.05, 0) is 35.4 Å². The van der Waals surface area contributed by atoms with Crippen LogP contribution in [0.1, 0.15) is 23.5 Å². The Morgan fingerprint density at radius 2 is 1.17 bits per heavy atom. The number of amides is 1. The van der Waals surface area contributed by atoms with Crippen LogP contribution in [0.4, 0.5) is 11.4 Å². The average Bonchev–Trinajstić information content (AvgIpc) is 2.52. The zero-order valence-corrected chi connectivity index (χ0v) is 14.3. The first-order valence-corrected chi connectivity index (χ1v) is 7.71. The van der Waals surface area contributed by atoms with Crippen molar-refractivity contribution in [3.05, 3.63) is 59.7 Å². The number of nitrogens with zero attached hydrogens (tertiary/aromatic N) is 2. The van der Waals surface area contributed by atoms with Crippen LogP contribution >= 0.6 is 0 Å². The molecule has 0 fully saturated rings. The van der Waals surface area contributed by atoms with Crippen LogP contribution in [0.15, 0.2) is 48.5 Å². The molecule has 0 saturated carbocycles. The van der Waals surface area contributed by atoms with Crippen LogP contribution in [-0.2, 0) is 4.79 Å². The quantitative estimate of drug-likeness (QED) is 0.892. The predicted octanol–water partition coefficient (Wildman–Crippen LogP) is 2.83. The highest BCUT2D eigenvalue weighted by molar-refractivity contribution is 5.75. The maximum Gasteiger partial charge on any atom is 0.218 e. The Kier molecular flexibility index (Phi) is 5.27. The molecule has 0 spiro atoms. The summed E-state index contributed by atoms with van der Waals surface area (Å²) < 4.78 is 0. The topological polar surface area (TPSA) is 49.6 Å². The van der Waals surface area contributed by atoms with Crippen molar-refractivity contribution >= 4 is 17.3 Å². The normalized spacial score (nSPS) is 10.7. The van der Waals surface area contributed by atoms with Gasteiger partial charge in [-0.25, -0.2) is 0 Å². The number of anilines is 2. The molecular weight excluding hydrogens is 286 g/mol. The van der Waals surface area contributed by atoms with E-state index in [0.717, 1.165) is 22.5 Å². The largest absolute Gasteiger partial charge is 0.378 e. The highest BCUT2D eigenvalue weighted by atomic mass is 16.1. The van der Waals surface area contributed by atoms with E-state index in [9.17, 15) is 4.79 Å². The Balaban J connectivity index is 2.34. The summed E-state index contributed by atoms with van der Waals surface area (Å²) in [4.78, 5) is 15.6. The first-order chi connectivity index (χ1) is 10.9. The molecule has 0 atom stereocenters. The van der Waals surface area contributed by atoms with Crippen molar-refractivity contribution in [1.29, 1.82) is 0 Å². The molecule has 2 aromatic rings. The van der Waals surface area contributed by atoms with Gasteiger partial charge in [0.2, 0.25) is 5.91 Å². The molecule has 4 nitrogen and oxygen atoms in total. The summed E-state index contributed by atoms with van der Waals surface area (Å²) in [6.07, 6.45) is 0.308. The van der Waals surface area contributed by atoms with Crippen LogP contribution in [0.3, 0.4) is 0 Å². The Morgan fingerprint density at radius 1 is 0.826 bits per heavy atom. The Bertz CT molecular complexity index is 594. The van der Waals surface area contributed by atoms with Crippen molar-refractivity contribution < 1.29 is 4.79 Å². The number of nitrogens with two attached hydrogens (primary N) is 1. The van der Waals surface area contributed by atoms with E-state index in [1.54, 1.807) is 0 Å². The first kappa shape index (κ1) is 16.9. The third kappa shape index (κ3) is 4.25. The summed E-state index contributed by atoms with van der Waals surface area (Å²) in [6.45, 7) is 0. The van der Waals surface area contributed by atoms with Crippen molar-refractivity contribution in [2.24, 2.45) is 5.73 Å². The van der Waals surface area contributed by atoms with Crippen LogP contribution in [0.2, 0.25) is 0 Å². The van der Waals surface area contributed by atoms with Crippen molar-refractivity contribution in [3.8, 4) is 0 Å². The van der Waals surface area contributed by atoms with Crippen LogP contribution in [0.5, 0.6) is 0 Å². The predicted molar refractivity (Wildman–Crippen MR) is 97.2 cm³/mol. The highest BCUT2D eigenvalue weighted by Gasteiger charge is 2.17. The van der Waals surface area contributed by atoms with Crippen LogP contribution in [-0.4, -0.2) is 34.1 Å². The molecule has 0 unspecified atom stereocenters. The number of hydrogen-bond acceptors (Lipinski definition) is 3. The summed E-state index contributed by atoms with van der Waals surface area (Å²) in [6, 6.07) is 16.6. The molecule has 0 aliphatic carbocycles. The fourth-order valence-corrected chi connectivity index (χ4v) is 2.64. The van der Waals surface area contributed by atoms with Gasteiger partial charge in [0.15, 0.2) is 0 Å². The summed E-state index contributed by atoms with van der Waals surface area (Å²) in [5.41, 5.74) is 9.94. The minimum Gasteiger partial charge on any atom is -0.378 e. The van der Waals surface area contributed by atoms with Gasteiger partial charge in [0.05, 0.1) is 0 Å². The lowest BCUT2D eigenvalue weighted by molar-refractivity contribution is -0.118. The standard InChI is InChI=1S/C19H25N3O/c1-21(2)16-9-5-14(6-10-16)18(13-19(20)23)15-7-11-17(12-8-15)22(3)4/h5-12,18H,13H2,1-4H3,(H2,20,23). The molecule has 2 rings (SSSR count). The van der Waals surface area contributed by atoms with Crippen molar-refractivity contribution in [3.63, 3.8) is 0 Å². The molecule has 0 bridgehead atoms. The van der Waals surface area contributed by atoms with E-state index in [-0.39, 0.29) is 11.8 Å². The number of rotatable bonds is 6. The third-order valence-electron chi connectivity index (χ3n) is 4.03. The highest BCUT2D eigenvalue weighted by Crippen LogP contribution is 2.30. The molecule has 122 valence electrons. The van der Waals surface area contributed by atoms with Gasteiger partial charge in [-0.1, -0.05) is 24.3 Å². The van der Waals surface area contributed by atoms with Crippen molar-refractivity contribution in [1.82, 2.24) is 0 Å². The lowest BCUT2D eigenvalue weighted by atomic mass is 9.88. The Hall–Kier alpha value is -2.49. The second-order valence-corrected chi connectivity index (χ2v) is 6.19. The molecule has 0 saturated heterocycles. The van der Waals surface area contributed by atoms with Gasteiger partial charge in [-0.3, -0.25) is 4.79 Å². The number of primary amides is 1. The molecule has 2 N–H and O–H groups in total. The molecule has 4 heteroatoms. The lowest BCUT2D eigenvalue weighted by Gasteiger charge is -2.20.